The maximum Gasteiger partial charge on any atom is 0.262 e. The van der Waals surface area contributed by atoms with Gasteiger partial charge >= 0.3 is 0 Å². The Morgan fingerprint density at radius 1 is 1.19 bits per heavy atom. The monoisotopic (exact) mass is 348 g/mol. The molecule has 0 aliphatic heterocycles. The quantitative estimate of drug-likeness (QED) is 0.828. The van der Waals surface area contributed by atoms with Gasteiger partial charge in [-0.1, -0.05) is 22.0 Å². The predicted molar refractivity (Wildman–Crippen MR) is 88.6 cm³/mol. The van der Waals surface area contributed by atoms with Crippen LogP contribution in [0.4, 0.5) is 11.4 Å². The second kappa shape index (κ2) is 6.63. The number of benzene rings is 2. The average molecular weight is 349 g/mol. The van der Waals surface area contributed by atoms with Crippen LogP contribution < -0.4 is 15.8 Å². The largest absolute Gasteiger partial charge is 0.483 e. The molecule has 5 heteroatoms. The number of hydrogen-bond acceptors (Lipinski definition) is 3. The van der Waals surface area contributed by atoms with Gasteiger partial charge in [0.15, 0.2) is 6.61 Å². The van der Waals surface area contributed by atoms with Gasteiger partial charge in [-0.25, -0.2) is 0 Å². The molecule has 0 fully saturated rings. The number of nitrogens with two attached hydrogens (primary N) is 1. The van der Waals surface area contributed by atoms with Crippen molar-refractivity contribution in [3.8, 4) is 5.75 Å². The third-order valence-electron chi connectivity index (χ3n) is 3.03. The lowest BCUT2D eigenvalue weighted by molar-refractivity contribution is -0.118. The van der Waals surface area contributed by atoms with E-state index in [0.29, 0.717) is 17.1 Å². The topological polar surface area (TPSA) is 64.3 Å². The van der Waals surface area contributed by atoms with Gasteiger partial charge in [-0.15, -0.1) is 0 Å². The number of rotatable bonds is 4. The highest BCUT2D eigenvalue weighted by atomic mass is 79.9. The predicted octanol–water partition coefficient (Wildman–Crippen LogP) is 3.67. The van der Waals surface area contributed by atoms with E-state index in [9.17, 15) is 4.79 Å². The normalized spacial score (nSPS) is 10.2. The van der Waals surface area contributed by atoms with E-state index < -0.39 is 0 Å². The smallest absolute Gasteiger partial charge is 0.262 e. The second-order valence-corrected chi connectivity index (χ2v) is 5.74. The molecule has 0 aliphatic carbocycles. The fourth-order valence-corrected chi connectivity index (χ4v) is 2.35. The molecule has 2 rings (SSSR count). The molecule has 0 heterocycles. The Balaban J connectivity index is 1.97. The Morgan fingerprint density at radius 3 is 2.67 bits per heavy atom. The van der Waals surface area contributed by atoms with Gasteiger partial charge in [-0.3, -0.25) is 4.79 Å². The van der Waals surface area contributed by atoms with E-state index in [2.05, 4.69) is 21.2 Å². The Bertz CT molecular complexity index is 671. The van der Waals surface area contributed by atoms with Gasteiger partial charge in [0.1, 0.15) is 5.75 Å². The van der Waals surface area contributed by atoms with Gasteiger partial charge in [-0.05, 0) is 55.3 Å². The first-order chi connectivity index (χ1) is 9.95. The minimum absolute atomic E-state index is 0.0449. The van der Waals surface area contributed by atoms with E-state index in [1.807, 2.05) is 38.1 Å². The highest BCUT2D eigenvalue weighted by Crippen LogP contribution is 2.22. The number of anilines is 2. The number of halogens is 1. The fraction of sp³-hybridized carbons (Fsp3) is 0.188. The van der Waals surface area contributed by atoms with Crippen LogP contribution in [0.15, 0.2) is 40.9 Å². The molecule has 0 saturated heterocycles. The summed E-state index contributed by atoms with van der Waals surface area (Å²) >= 11 is 3.39. The molecule has 0 spiro atoms. The Labute approximate surface area is 132 Å². The van der Waals surface area contributed by atoms with Crippen LogP contribution in [-0.4, -0.2) is 12.5 Å². The molecule has 21 heavy (non-hydrogen) atoms. The molecule has 0 aliphatic rings. The van der Waals surface area contributed by atoms with Crippen LogP contribution in [-0.2, 0) is 4.79 Å². The fourth-order valence-electron chi connectivity index (χ4n) is 1.88. The summed E-state index contributed by atoms with van der Waals surface area (Å²) in [5, 5.41) is 2.80. The zero-order valence-electron chi connectivity index (χ0n) is 11.9. The van der Waals surface area contributed by atoms with Crippen molar-refractivity contribution in [3.05, 3.63) is 52.0 Å². The summed E-state index contributed by atoms with van der Waals surface area (Å²) in [5.41, 5.74) is 8.96. The van der Waals surface area contributed by atoms with E-state index in [1.165, 1.54) is 0 Å². The van der Waals surface area contributed by atoms with Crippen molar-refractivity contribution in [3.63, 3.8) is 0 Å². The van der Waals surface area contributed by atoms with Crippen LogP contribution in [0.3, 0.4) is 0 Å². The molecule has 110 valence electrons. The number of carbonyl (C=O) groups is 1. The van der Waals surface area contributed by atoms with Crippen molar-refractivity contribution in [2.75, 3.05) is 17.7 Å². The summed E-state index contributed by atoms with van der Waals surface area (Å²) in [7, 11) is 0. The van der Waals surface area contributed by atoms with Crippen LogP contribution in [0.2, 0.25) is 0 Å². The minimum atomic E-state index is -0.217. The Kier molecular flexibility index (Phi) is 4.85. The molecule has 1 amide bonds. The van der Waals surface area contributed by atoms with E-state index in [1.54, 1.807) is 12.1 Å². The summed E-state index contributed by atoms with van der Waals surface area (Å²) < 4.78 is 6.51. The lowest BCUT2D eigenvalue weighted by Crippen LogP contribution is -2.21. The van der Waals surface area contributed by atoms with Gasteiger partial charge in [0.05, 0.1) is 0 Å². The van der Waals surface area contributed by atoms with Crippen LogP contribution in [0.5, 0.6) is 5.75 Å². The molecular formula is C16H17BrN2O2. The van der Waals surface area contributed by atoms with Crippen molar-refractivity contribution < 1.29 is 9.53 Å². The van der Waals surface area contributed by atoms with Crippen molar-refractivity contribution in [2.45, 2.75) is 13.8 Å². The third kappa shape index (κ3) is 4.23. The molecule has 0 radical (unpaired) electrons. The number of nitrogen functional groups attached to an aromatic ring is 1. The lowest BCUT2D eigenvalue weighted by Gasteiger charge is -2.11. The number of hydrogen-bond donors (Lipinski definition) is 2. The minimum Gasteiger partial charge on any atom is -0.483 e. The lowest BCUT2D eigenvalue weighted by atomic mass is 10.2. The summed E-state index contributed by atoms with van der Waals surface area (Å²) in [6.45, 7) is 3.80. The molecule has 0 atom stereocenters. The first kappa shape index (κ1) is 15.4. The summed E-state index contributed by atoms with van der Waals surface area (Å²) in [6.07, 6.45) is 0. The molecular weight excluding hydrogens is 332 g/mol. The van der Waals surface area contributed by atoms with Crippen molar-refractivity contribution in [2.24, 2.45) is 0 Å². The maximum absolute atomic E-state index is 11.9. The molecule has 4 nitrogen and oxygen atoms in total. The first-order valence-electron chi connectivity index (χ1n) is 6.50. The highest BCUT2D eigenvalue weighted by Gasteiger charge is 2.07. The first-order valence-corrected chi connectivity index (χ1v) is 7.30. The zero-order chi connectivity index (χ0) is 15.4. The number of nitrogens with one attached hydrogen (secondary N) is 1. The van der Waals surface area contributed by atoms with Gasteiger partial charge in [0.2, 0.25) is 0 Å². The Hall–Kier alpha value is -2.01. The molecule has 3 N–H and O–H groups in total. The number of aryl methyl sites for hydroxylation is 2. The highest BCUT2D eigenvalue weighted by molar-refractivity contribution is 9.10. The van der Waals surface area contributed by atoms with Gasteiger partial charge < -0.3 is 15.8 Å². The standard InChI is InChI=1S/C16H17BrN2O2/c1-10-3-5-13(18)8-14(10)19-16(20)9-21-15-6-4-12(17)7-11(15)2/h3-8H,9,18H2,1-2H3,(H,19,20). The number of amides is 1. The third-order valence-corrected chi connectivity index (χ3v) is 3.52. The summed E-state index contributed by atoms with van der Waals surface area (Å²) in [5.74, 6) is 0.476. The maximum atomic E-state index is 11.9. The number of ether oxygens (including phenoxy) is 1. The zero-order valence-corrected chi connectivity index (χ0v) is 13.5. The summed E-state index contributed by atoms with van der Waals surface area (Å²) in [6, 6.07) is 11.0. The second-order valence-electron chi connectivity index (χ2n) is 4.82. The van der Waals surface area contributed by atoms with Crippen LogP contribution in [0.25, 0.3) is 0 Å². The molecule has 0 saturated carbocycles. The SMILES string of the molecule is Cc1ccc(N)cc1NC(=O)COc1ccc(Br)cc1C. The van der Waals surface area contributed by atoms with Gasteiger partial charge in [0.25, 0.3) is 5.91 Å². The van der Waals surface area contributed by atoms with Crippen LogP contribution in [0, 0.1) is 13.8 Å². The summed E-state index contributed by atoms with van der Waals surface area (Å²) in [4.78, 5) is 11.9. The molecule has 2 aromatic rings. The van der Waals surface area contributed by atoms with E-state index in [4.69, 9.17) is 10.5 Å². The van der Waals surface area contributed by atoms with Crippen molar-refractivity contribution >= 4 is 33.2 Å². The van der Waals surface area contributed by atoms with Crippen LogP contribution >= 0.6 is 15.9 Å². The average Bonchev–Trinajstić information content (AvgIpc) is 2.42. The van der Waals surface area contributed by atoms with E-state index in [0.717, 1.165) is 15.6 Å². The number of carbonyl (C=O) groups excluding carboxylic acids is 1. The molecule has 0 bridgehead atoms. The van der Waals surface area contributed by atoms with Crippen molar-refractivity contribution in [1.82, 2.24) is 0 Å². The Morgan fingerprint density at radius 2 is 1.95 bits per heavy atom. The van der Waals surface area contributed by atoms with Crippen molar-refractivity contribution in [1.29, 1.82) is 0 Å². The molecule has 0 aromatic heterocycles. The molecule has 0 unspecified atom stereocenters. The van der Waals surface area contributed by atoms with Gasteiger partial charge in [0, 0.05) is 15.8 Å². The van der Waals surface area contributed by atoms with E-state index >= 15 is 0 Å². The van der Waals surface area contributed by atoms with Gasteiger partial charge in [-0.2, -0.15) is 0 Å². The molecule has 2 aromatic carbocycles. The van der Waals surface area contributed by atoms with E-state index in [-0.39, 0.29) is 12.5 Å². The van der Waals surface area contributed by atoms with Crippen LogP contribution in [0.1, 0.15) is 11.1 Å².